The predicted octanol–water partition coefficient (Wildman–Crippen LogP) is 3.60. The lowest BCUT2D eigenvalue weighted by atomic mass is 9.95. The molecular formula is C22H19ClN2O4. The highest BCUT2D eigenvalue weighted by Gasteiger charge is 2.40. The number of hydrogen-bond acceptors (Lipinski definition) is 4. The van der Waals surface area contributed by atoms with Crippen LogP contribution < -0.4 is 4.90 Å². The van der Waals surface area contributed by atoms with E-state index in [0.29, 0.717) is 34.0 Å². The minimum Gasteiger partial charge on any atom is -0.272 e. The van der Waals surface area contributed by atoms with E-state index in [-0.39, 0.29) is 12.5 Å². The lowest BCUT2D eigenvalue weighted by Gasteiger charge is -2.19. The fraction of sp³-hybridized carbons (Fsp3) is 0.227. The lowest BCUT2D eigenvalue weighted by Crippen LogP contribution is -2.31. The average molecular weight is 411 g/mol. The Kier molecular flexibility index (Phi) is 4.76. The summed E-state index contributed by atoms with van der Waals surface area (Å²) in [4.78, 5) is 44.2. The monoisotopic (exact) mass is 410 g/mol. The van der Waals surface area contributed by atoms with Crippen LogP contribution in [0, 0.1) is 5.41 Å². The largest absolute Gasteiger partial charge is 0.272 e. The summed E-state index contributed by atoms with van der Waals surface area (Å²) in [7, 11) is 0. The van der Waals surface area contributed by atoms with Crippen molar-refractivity contribution in [3.63, 3.8) is 0 Å². The maximum atomic E-state index is 12.8. The Morgan fingerprint density at radius 2 is 1.79 bits per heavy atom. The Morgan fingerprint density at radius 3 is 2.41 bits per heavy atom. The number of benzene rings is 2. The summed E-state index contributed by atoms with van der Waals surface area (Å²) in [6.07, 6.45) is 1.33. The van der Waals surface area contributed by atoms with Crippen molar-refractivity contribution in [2.45, 2.75) is 20.4 Å². The minimum absolute atomic E-state index is 0.112. The molecule has 0 unspecified atom stereocenters. The highest BCUT2D eigenvalue weighted by Crippen LogP contribution is 2.33. The van der Waals surface area contributed by atoms with Crippen LogP contribution in [0.2, 0.25) is 5.02 Å². The van der Waals surface area contributed by atoms with Gasteiger partial charge >= 0.3 is 0 Å². The van der Waals surface area contributed by atoms with Crippen LogP contribution in [0.4, 0.5) is 5.69 Å². The molecule has 0 N–H and O–H groups in total. The molecule has 148 valence electrons. The fourth-order valence-corrected chi connectivity index (χ4v) is 3.55. The van der Waals surface area contributed by atoms with Gasteiger partial charge in [0.15, 0.2) is 0 Å². The van der Waals surface area contributed by atoms with E-state index in [4.69, 9.17) is 16.4 Å². The third-order valence-electron chi connectivity index (χ3n) is 5.00. The van der Waals surface area contributed by atoms with E-state index in [1.165, 1.54) is 11.1 Å². The Hall–Kier alpha value is -2.96. The topological polar surface area (TPSA) is 66.9 Å². The van der Waals surface area contributed by atoms with Crippen molar-refractivity contribution in [1.29, 1.82) is 0 Å². The summed E-state index contributed by atoms with van der Waals surface area (Å²) in [5, 5.41) is 1.64. The van der Waals surface area contributed by atoms with Crippen LogP contribution in [0.15, 0.2) is 54.6 Å². The van der Waals surface area contributed by atoms with E-state index < -0.39 is 17.2 Å². The number of nitrogens with zero attached hydrogens (tertiary/aromatic N) is 2. The summed E-state index contributed by atoms with van der Waals surface area (Å²) in [5.74, 6) is -0.929. The molecule has 2 aromatic rings. The van der Waals surface area contributed by atoms with Gasteiger partial charge in [-0.15, -0.1) is 0 Å². The summed E-state index contributed by atoms with van der Waals surface area (Å²) >= 11 is 6.39. The second-order valence-corrected chi connectivity index (χ2v) is 8.08. The van der Waals surface area contributed by atoms with Crippen molar-refractivity contribution >= 4 is 40.6 Å². The number of carbonyl (C=O) groups is 3. The van der Waals surface area contributed by atoms with Gasteiger partial charge in [0.25, 0.3) is 17.7 Å². The van der Waals surface area contributed by atoms with Gasteiger partial charge in [0, 0.05) is 11.1 Å². The molecular weight excluding hydrogens is 392 g/mol. The molecule has 6 nitrogen and oxygen atoms in total. The number of anilines is 1. The van der Waals surface area contributed by atoms with Gasteiger partial charge in [-0.1, -0.05) is 48.0 Å². The summed E-state index contributed by atoms with van der Waals surface area (Å²) in [5.41, 5.74) is 1.50. The SMILES string of the molecule is CC1(C)CON(Cc2ccc(N3C(=O)C=C(c4ccccc4)C3=O)cc2Cl)C1=O. The molecule has 0 aliphatic carbocycles. The van der Waals surface area contributed by atoms with Crippen molar-refractivity contribution in [1.82, 2.24) is 5.06 Å². The normalized spacial score (nSPS) is 18.6. The Morgan fingerprint density at radius 1 is 1.07 bits per heavy atom. The van der Waals surface area contributed by atoms with Crippen LogP contribution in [-0.2, 0) is 25.8 Å². The van der Waals surface area contributed by atoms with Crippen molar-refractivity contribution in [2.24, 2.45) is 5.41 Å². The number of hydroxylamine groups is 2. The molecule has 0 atom stereocenters. The third-order valence-corrected chi connectivity index (χ3v) is 5.35. The number of halogens is 1. The van der Waals surface area contributed by atoms with Gasteiger partial charge in [-0.05, 0) is 37.1 Å². The zero-order valence-electron chi connectivity index (χ0n) is 16.0. The number of imide groups is 1. The first-order valence-electron chi connectivity index (χ1n) is 9.17. The highest BCUT2D eigenvalue weighted by molar-refractivity contribution is 6.43. The molecule has 0 spiro atoms. The Labute approximate surface area is 173 Å². The molecule has 0 saturated carbocycles. The van der Waals surface area contributed by atoms with Crippen LogP contribution in [-0.4, -0.2) is 29.4 Å². The molecule has 4 rings (SSSR count). The molecule has 0 radical (unpaired) electrons. The molecule has 3 amide bonds. The molecule has 2 aromatic carbocycles. The van der Waals surface area contributed by atoms with Gasteiger partial charge in [0.05, 0.1) is 29.8 Å². The van der Waals surface area contributed by atoms with Crippen LogP contribution in [0.25, 0.3) is 5.57 Å². The highest BCUT2D eigenvalue weighted by atomic mass is 35.5. The van der Waals surface area contributed by atoms with E-state index >= 15 is 0 Å². The van der Waals surface area contributed by atoms with Crippen molar-refractivity contribution in [3.05, 3.63) is 70.8 Å². The standard InChI is InChI=1S/C22H19ClN2O4/c1-22(2)13-29-24(21(22)28)12-15-8-9-16(10-18(15)23)25-19(26)11-17(20(25)27)14-6-4-3-5-7-14/h3-11H,12-13H2,1-2H3. The number of carbonyl (C=O) groups excluding carboxylic acids is 3. The third kappa shape index (κ3) is 3.45. The molecule has 0 bridgehead atoms. The van der Waals surface area contributed by atoms with Gasteiger partial charge in [-0.3, -0.25) is 19.2 Å². The lowest BCUT2D eigenvalue weighted by molar-refractivity contribution is -0.165. The van der Waals surface area contributed by atoms with Gasteiger partial charge in [-0.2, -0.15) is 0 Å². The van der Waals surface area contributed by atoms with Crippen molar-refractivity contribution < 1.29 is 19.2 Å². The summed E-state index contributed by atoms with van der Waals surface area (Å²) in [6.45, 7) is 4.15. The van der Waals surface area contributed by atoms with Gasteiger partial charge in [-0.25, -0.2) is 9.96 Å². The average Bonchev–Trinajstić information content (AvgIpc) is 3.13. The molecule has 1 saturated heterocycles. The van der Waals surface area contributed by atoms with E-state index in [1.54, 1.807) is 30.3 Å². The first kappa shape index (κ1) is 19.4. The molecule has 2 heterocycles. The number of amides is 3. The number of hydrogen-bond donors (Lipinski definition) is 0. The van der Waals surface area contributed by atoms with Crippen LogP contribution >= 0.6 is 11.6 Å². The van der Waals surface area contributed by atoms with Crippen LogP contribution in [0.5, 0.6) is 0 Å². The quantitative estimate of drug-likeness (QED) is 0.722. The molecule has 1 fully saturated rings. The van der Waals surface area contributed by atoms with E-state index in [1.807, 2.05) is 32.0 Å². The second-order valence-electron chi connectivity index (χ2n) is 7.68. The van der Waals surface area contributed by atoms with E-state index in [9.17, 15) is 14.4 Å². The molecule has 2 aliphatic rings. The van der Waals surface area contributed by atoms with Crippen LogP contribution in [0.3, 0.4) is 0 Å². The zero-order valence-corrected chi connectivity index (χ0v) is 16.8. The molecule has 2 aliphatic heterocycles. The summed E-state index contributed by atoms with van der Waals surface area (Å²) in [6, 6.07) is 13.9. The van der Waals surface area contributed by atoms with Gasteiger partial charge in [0.1, 0.15) is 0 Å². The van der Waals surface area contributed by atoms with E-state index in [2.05, 4.69) is 0 Å². The van der Waals surface area contributed by atoms with Crippen molar-refractivity contribution in [3.8, 4) is 0 Å². The fourth-order valence-electron chi connectivity index (χ4n) is 3.31. The first-order chi connectivity index (χ1) is 13.8. The maximum absolute atomic E-state index is 12.8. The van der Waals surface area contributed by atoms with Gasteiger partial charge in [0.2, 0.25) is 0 Å². The molecule has 0 aromatic heterocycles. The predicted molar refractivity (Wildman–Crippen MR) is 109 cm³/mol. The Balaban J connectivity index is 1.55. The first-order valence-corrected chi connectivity index (χ1v) is 9.54. The second kappa shape index (κ2) is 7.13. The zero-order chi connectivity index (χ0) is 20.8. The maximum Gasteiger partial charge on any atom is 0.266 e. The minimum atomic E-state index is -0.569. The molecule has 7 heteroatoms. The number of rotatable bonds is 4. The van der Waals surface area contributed by atoms with Gasteiger partial charge < -0.3 is 0 Å². The van der Waals surface area contributed by atoms with Crippen molar-refractivity contribution in [2.75, 3.05) is 11.5 Å². The summed E-state index contributed by atoms with van der Waals surface area (Å²) < 4.78 is 0. The van der Waals surface area contributed by atoms with Crippen LogP contribution in [0.1, 0.15) is 25.0 Å². The Bertz CT molecular complexity index is 1050. The molecule has 29 heavy (non-hydrogen) atoms. The van der Waals surface area contributed by atoms with E-state index in [0.717, 1.165) is 4.90 Å². The smallest absolute Gasteiger partial charge is 0.266 e.